The Labute approximate surface area is 101 Å². The highest BCUT2D eigenvalue weighted by molar-refractivity contribution is 7.17. The van der Waals surface area contributed by atoms with Crippen LogP contribution >= 0.6 is 11.3 Å². The molecule has 17 heavy (non-hydrogen) atoms. The molecule has 2 aromatic rings. The standard InChI is InChI=1S/C11H9NO4S/c1-16-7-4-2-3-6(5-7)10-12-9(13)8(17-10)11(14)15/h2-5,13H,1H3,(H,14,15). The van der Waals surface area contributed by atoms with Crippen LogP contribution in [0.1, 0.15) is 9.67 Å². The molecule has 2 N–H and O–H groups in total. The molecule has 0 amide bonds. The number of aromatic nitrogens is 1. The number of ether oxygens (including phenoxy) is 1. The third-order valence-electron chi connectivity index (χ3n) is 2.12. The van der Waals surface area contributed by atoms with Crippen molar-refractivity contribution in [3.8, 4) is 22.2 Å². The zero-order chi connectivity index (χ0) is 12.4. The number of hydrogen-bond acceptors (Lipinski definition) is 5. The lowest BCUT2D eigenvalue weighted by molar-refractivity contribution is 0.0699. The van der Waals surface area contributed by atoms with Crippen molar-refractivity contribution in [3.05, 3.63) is 29.1 Å². The summed E-state index contributed by atoms with van der Waals surface area (Å²) in [5, 5.41) is 18.6. The van der Waals surface area contributed by atoms with Crippen molar-refractivity contribution in [2.75, 3.05) is 7.11 Å². The van der Waals surface area contributed by atoms with Gasteiger partial charge < -0.3 is 14.9 Å². The van der Waals surface area contributed by atoms with Crippen molar-refractivity contribution in [1.29, 1.82) is 0 Å². The van der Waals surface area contributed by atoms with Crippen LogP contribution in [0.2, 0.25) is 0 Å². The van der Waals surface area contributed by atoms with Crippen LogP contribution in [0.3, 0.4) is 0 Å². The van der Waals surface area contributed by atoms with E-state index in [0.717, 1.165) is 11.3 Å². The molecule has 0 atom stereocenters. The Bertz CT molecular complexity index is 564. The molecule has 0 spiro atoms. The van der Waals surface area contributed by atoms with E-state index < -0.39 is 11.8 Å². The van der Waals surface area contributed by atoms with Gasteiger partial charge in [0, 0.05) is 5.56 Å². The van der Waals surface area contributed by atoms with E-state index in [1.54, 1.807) is 31.4 Å². The van der Waals surface area contributed by atoms with Gasteiger partial charge >= 0.3 is 5.97 Å². The molecule has 0 aliphatic rings. The van der Waals surface area contributed by atoms with Crippen molar-refractivity contribution >= 4 is 17.3 Å². The summed E-state index contributed by atoms with van der Waals surface area (Å²) in [4.78, 5) is 14.4. The Hall–Kier alpha value is -2.08. The number of nitrogens with zero attached hydrogens (tertiary/aromatic N) is 1. The van der Waals surface area contributed by atoms with Gasteiger partial charge in [0.2, 0.25) is 5.88 Å². The molecule has 0 radical (unpaired) electrons. The molecule has 1 aromatic carbocycles. The second-order valence-electron chi connectivity index (χ2n) is 3.21. The molecular weight excluding hydrogens is 242 g/mol. The number of rotatable bonds is 3. The van der Waals surface area contributed by atoms with Gasteiger partial charge in [0.1, 0.15) is 10.8 Å². The van der Waals surface area contributed by atoms with Crippen LogP contribution in [0, 0.1) is 0 Å². The van der Waals surface area contributed by atoms with Gasteiger partial charge in [-0.3, -0.25) is 0 Å². The molecule has 0 aliphatic carbocycles. The second-order valence-corrected chi connectivity index (χ2v) is 4.21. The first-order valence-electron chi connectivity index (χ1n) is 4.69. The van der Waals surface area contributed by atoms with E-state index in [-0.39, 0.29) is 4.88 Å². The molecule has 1 heterocycles. The summed E-state index contributed by atoms with van der Waals surface area (Å²) in [5.41, 5.74) is 0.706. The van der Waals surface area contributed by atoms with Gasteiger partial charge in [0.05, 0.1) is 7.11 Å². The molecule has 0 aliphatic heterocycles. The highest BCUT2D eigenvalue weighted by Gasteiger charge is 2.17. The van der Waals surface area contributed by atoms with Crippen LogP contribution in [-0.4, -0.2) is 28.3 Å². The zero-order valence-corrected chi connectivity index (χ0v) is 9.69. The second kappa shape index (κ2) is 4.42. The lowest BCUT2D eigenvalue weighted by Gasteiger charge is -2.00. The van der Waals surface area contributed by atoms with Crippen molar-refractivity contribution in [1.82, 2.24) is 4.98 Å². The van der Waals surface area contributed by atoms with E-state index in [0.29, 0.717) is 16.3 Å². The number of aromatic carboxylic acids is 1. The van der Waals surface area contributed by atoms with E-state index in [1.807, 2.05) is 0 Å². The fraction of sp³-hybridized carbons (Fsp3) is 0.0909. The van der Waals surface area contributed by atoms with E-state index in [4.69, 9.17) is 9.84 Å². The van der Waals surface area contributed by atoms with Gasteiger partial charge in [-0.15, -0.1) is 11.3 Å². The van der Waals surface area contributed by atoms with Gasteiger partial charge in [-0.05, 0) is 12.1 Å². The van der Waals surface area contributed by atoms with E-state index in [9.17, 15) is 9.90 Å². The molecule has 6 heteroatoms. The van der Waals surface area contributed by atoms with E-state index in [1.165, 1.54) is 0 Å². The summed E-state index contributed by atoms with van der Waals surface area (Å²) in [5.74, 6) is -0.997. The molecule has 0 unspecified atom stereocenters. The number of hydrogen-bond donors (Lipinski definition) is 2. The summed E-state index contributed by atoms with van der Waals surface area (Å²) in [6, 6.07) is 7.04. The summed E-state index contributed by atoms with van der Waals surface area (Å²) in [6.07, 6.45) is 0. The monoisotopic (exact) mass is 251 g/mol. The van der Waals surface area contributed by atoms with Crippen LogP contribution in [-0.2, 0) is 0 Å². The maximum Gasteiger partial charge on any atom is 0.351 e. The Balaban J connectivity index is 2.46. The number of methoxy groups -OCH3 is 1. The van der Waals surface area contributed by atoms with Crippen LogP contribution in [0.4, 0.5) is 0 Å². The summed E-state index contributed by atoms with van der Waals surface area (Å²) < 4.78 is 5.06. The van der Waals surface area contributed by atoms with Gasteiger partial charge in [-0.1, -0.05) is 12.1 Å². The third-order valence-corrected chi connectivity index (χ3v) is 3.20. The van der Waals surface area contributed by atoms with Crippen molar-refractivity contribution in [2.45, 2.75) is 0 Å². The summed E-state index contributed by atoms with van der Waals surface area (Å²) in [6.45, 7) is 0. The first-order valence-corrected chi connectivity index (χ1v) is 5.51. The summed E-state index contributed by atoms with van der Waals surface area (Å²) >= 11 is 0.924. The Morgan fingerprint density at radius 1 is 1.47 bits per heavy atom. The molecule has 0 bridgehead atoms. The average Bonchev–Trinajstić information content (AvgIpc) is 2.71. The highest BCUT2D eigenvalue weighted by Crippen LogP contribution is 2.32. The van der Waals surface area contributed by atoms with Gasteiger partial charge in [0.25, 0.3) is 0 Å². The van der Waals surface area contributed by atoms with Crippen LogP contribution in [0.15, 0.2) is 24.3 Å². The summed E-state index contributed by atoms with van der Waals surface area (Å²) in [7, 11) is 1.54. The zero-order valence-electron chi connectivity index (χ0n) is 8.88. The number of aromatic hydroxyl groups is 1. The smallest absolute Gasteiger partial charge is 0.351 e. The SMILES string of the molecule is COc1cccc(-c2nc(O)c(C(=O)O)s2)c1. The Morgan fingerprint density at radius 3 is 2.82 bits per heavy atom. The van der Waals surface area contributed by atoms with E-state index >= 15 is 0 Å². The lowest BCUT2D eigenvalue weighted by atomic mass is 10.2. The molecule has 2 rings (SSSR count). The molecule has 5 nitrogen and oxygen atoms in total. The fourth-order valence-corrected chi connectivity index (χ4v) is 2.13. The predicted molar refractivity (Wildman–Crippen MR) is 62.7 cm³/mol. The minimum Gasteiger partial charge on any atom is -0.497 e. The number of carbonyl (C=O) groups is 1. The molecule has 0 saturated carbocycles. The molecule has 88 valence electrons. The Morgan fingerprint density at radius 2 is 2.24 bits per heavy atom. The fourth-order valence-electron chi connectivity index (χ4n) is 1.33. The van der Waals surface area contributed by atoms with Crippen LogP contribution in [0.5, 0.6) is 11.6 Å². The first kappa shape index (κ1) is 11.4. The number of carboxylic acid groups (broad SMARTS) is 1. The van der Waals surface area contributed by atoms with Crippen molar-refractivity contribution in [2.24, 2.45) is 0 Å². The number of thiazole rings is 1. The van der Waals surface area contributed by atoms with Crippen LogP contribution < -0.4 is 4.74 Å². The van der Waals surface area contributed by atoms with Gasteiger partial charge in [-0.2, -0.15) is 0 Å². The normalized spacial score (nSPS) is 10.2. The van der Waals surface area contributed by atoms with Gasteiger partial charge in [0.15, 0.2) is 4.88 Å². The molecule has 0 fully saturated rings. The minimum atomic E-state index is -1.19. The number of carboxylic acids is 1. The minimum absolute atomic E-state index is 0.164. The quantitative estimate of drug-likeness (QED) is 0.874. The van der Waals surface area contributed by atoms with Crippen LogP contribution in [0.25, 0.3) is 10.6 Å². The highest BCUT2D eigenvalue weighted by atomic mass is 32.1. The number of benzene rings is 1. The average molecular weight is 251 g/mol. The van der Waals surface area contributed by atoms with E-state index in [2.05, 4.69) is 4.98 Å². The maximum absolute atomic E-state index is 10.8. The molecule has 0 saturated heterocycles. The topological polar surface area (TPSA) is 79.7 Å². The lowest BCUT2D eigenvalue weighted by Crippen LogP contribution is -1.91. The Kier molecular flexibility index (Phi) is 2.97. The molecular formula is C11H9NO4S. The largest absolute Gasteiger partial charge is 0.497 e. The van der Waals surface area contributed by atoms with Crippen molar-refractivity contribution < 1.29 is 19.7 Å². The first-order chi connectivity index (χ1) is 8.11. The maximum atomic E-state index is 10.8. The van der Waals surface area contributed by atoms with Crippen molar-refractivity contribution in [3.63, 3.8) is 0 Å². The predicted octanol–water partition coefficient (Wildman–Crippen LogP) is 2.22. The van der Waals surface area contributed by atoms with Gasteiger partial charge in [-0.25, -0.2) is 9.78 Å². The third kappa shape index (κ3) is 2.21. The molecule has 1 aromatic heterocycles.